The first-order chi connectivity index (χ1) is 9.50. The van der Waals surface area contributed by atoms with Crippen LogP contribution in [0.2, 0.25) is 0 Å². The number of aromatic nitrogens is 1. The molecule has 0 saturated carbocycles. The van der Waals surface area contributed by atoms with Gasteiger partial charge in [0.25, 0.3) is 0 Å². The molecule has 0 fully saturated rings. The number of anilines is 1. The highest BCUT2D eigenvalue weighted by molar-refractivity contribution is 7.92. The number of thiazole rings is 1. The molecule has 2 rings (SSSR count). The number of hydrogen-bond acceptors (Lipinski definition) is 6. The van der Waals surface area contributed by atoms with Gasteiger partial charge in [-0.3, -0.25) is 4.79 Å². The lowest BCUT2D eigenvalue weighted by Gasteiger charge is -2.01. The average Bonchev–Trinajstić information content (AvgIpc) is 2.96. The number of hydrogen-bond donors (Lipinski definition) is 1. The van der Waals surface area contributed by atoms with Gasteiger partial charge < -0.3 is 5.32 Å². The van der Waals surface area contributed by atoms with Gasteiger partial charge in [0, 0.05) is 5.38 Å². The highest BCUT2D eigenvalue weighted by Gasteiger charge is 2.16. The number of sulfone groups is 1. The van der Waals surface area contributed by atoms with Gasteiger partial charge in [0.15, 0.2) is 15.0 Å². The molecule has 0 aromatic carbocycles. The van der Waals surface area contributed by atoms with E-state index in [1.54, 1.807) is 11.3 Å². The molecule has 0 aliphatic rings. The highest BCUT2D eigenvalue weighted by Crippen LogP contribution is 2.28. The number of amides is 1. The molecule has 2 heterocycles. The summed E-state index contributed by atoms with van der Waals surface area (Å²) >= 11 is 2.81. The number of nitrogens with zero attached hydrogens (tertiary/aromatic N) is 1. The molecule has 0 aliphatic carbocycles. The van der Waals surface area contributed by atoms with Crippen LogP contribution in [-0.4, -0.2) is 30.8 Å². The molecule has 5 nitrogen and oxygen atoms in total. The highest BCUT2D eigenvalue weighted by atomic mass is 32.2. The van der Waals surface area contributed by atoms with Crippen LogP contribution in [0.25, 0.3) is 10.6 Å². The first-order valence-corrected chi connectivity index (χ1v) is 9.19. The lowest BCUT2D eigenvalue weighted by molar-refractivity contribution is -0.113. The van der Waals surface area contributed by atoms with Gasteiger partial charge in [0.05, 0.1) is 16.3 Å². The van der Waals surface area contributed by atoms with Gasteiger partial charge >= 0.3 is 0 Å². The fourth-order valence-electron chi connectivity index (χ4n) is 1.46. The van der Waals surface area contributed by atoms with Crippen LogP contribution in [0.5, 0.6) is 0 Å². The summed E-state index contributed by atoms with van der Waals surface area (Å²) in [4.78, 5) is 16.9. The SMILES string of the molecule is C=CCS(=O)(=O)CC(=O)Nc1nc(-c2cccs2)cs1. The summed E-state index contributed by atoms with van der Waals surface area (Å²) < 4.78 is 23.0. The monoisotopic (exact) mass is 328 g/mol. The number of thiophene rings is 1. The molecule has 2 aromatic rings. The average molecular weight is 328 g/mol. The first-order valence-electron chi connectivity index (χ1n) is 5.61. The zero-order chi connectivity index (χ0) is 14.6. The van der Waals surface area contributed by atoms with Crippen molar-refractivity contribution < 1.29 is 13.2 Å². The molecule has 0 unspecified atom stereocenters. The molecule has 0 bridgehead atoms. The van der Waals surface area contributed by atoms with Crippen LogP contribution in [-0.2, 0) is 14.6 Å². The molecule has 2 aromatic heterocycles. The van der Waals surface area contributed by atoms with Gasteiger partial charge in [-0.1, -0.05) is 12.1 Å². The molecule has 20 heavy (non-hydrogen) atoms. The molecule has 0 radical (unpaired) electrons. The lowest BCUT2D eigenvalue weighted by Crippen LogP contribution is -2.24. The molecule has 0 atom stereocenters. The summed E-state index contributed by atoms with van der Waals surface area (Å²) in [5, 5.41) is 6.65. The van der Waals surface area contributed by atoms with Crippen LogP contribution in [0.3, 0.4) is 0 Å². The zero-order valence-electron chi connectivity index (χ0n) is 10.4. The van der Waals surface area contributed by atoms with E-state index < -0.39 is 21.5 Å². The van der Waals surface area contributed by atoms with Gasteiger partial charge in [0.2, 0.25) is 5.91 Å². The maximum Gasteiger partial charge on any atom is 0.241 e. The summed E-state index contributed by atoms with van der Waals surface area (Å²) in [5.74, 6) is -1.36. The number of rotatable bonds is 6. The van der Waals surface area contributed by atoms with E-state index in [1.807, 2.05) is 22.9 Å². The molecule has 1 N–H and O–H groups in total. The number of carbonyl (C=O) groups excluding carboxylic acids is 1. The van der Waals surface area contributed by atoms with Crippen molar-refractivity contribution in [2.75, 3.05) is 16.8 Å². The Morgan fingerprint density at radius 3 is 2.90 bits per heavy atom. The molecule has 8 heteroatoms. The van der Waals surface area contributed by atoms with E-state index in [2.05, 4.69) is 16.9 Å². The Morgan fingerprint density at radius 2 is 2.25 bits per heavy atom. The van der Waals surface area contributed by atoms with Crippen LogP contribution in [0.4, 0.5) is 5.13 Å². The van der Waals surface area contributed by atoms with Crippen molar-refractivity contribution in [2.24, 2.45) is 0 Å². The fraction of sp³-hybridized carbons (Fsp3) is 0.167. The Morgan fingerprint density at radius 1 is 1.45 bits per heavy atom. The fourth-order valence-corrected chi connectivity index (χ4v) is 3.90. The normalized spacial score (nSPS) is 11.2. The molecule has 0 aliphatic heterocycles. The van der Waals surface area contributed by atoms with E-state index >= 15 is 0 Å². The maximum atomic E-state index is 11.6. The summed E-state index contributed by atoms with van der Waals surface area (Å²) in [6.45, 7) is 3.35. The Balaban J connectivity index is 2.00. The maximum absolute atomic E-state index is 11.6. The second-order valence-electron chi connectivity index (χ2n) is 3.91. The minimum Gasteiger partial charge on any atom is -0.301 e. The molecular formula is C12H12N2O3S3. The third-order valence-corrected chi connectivity index (χ3v) is 5.34. The summed E-state index contributed by atoms with van der Waals surface area (Å²) in [6.07, 6.45) is 1.26. The largest absolute Gasteiger partial charge is 0.301 e. The molecule has 1 amide bonds. The van der Waals surface area contributed by atoms with Gasteiger partial charge in [-0.05, 0) is 11.4 Å². The predicted molar refractivity (Wildman–Crippen MR) is 82.9 cm³/mol. The second kappa shape index (κ2) is 6.29. The van der Waals surface area contributed by atoms with E-state index in [9.17, 15) is 13.2 Å². The van der Waals surface area contributed by atoms with E-state index in [0.29, 0.717) is 5.13 Å². The molecule has 106 valence electrons. The quantitative estimate of drug-likeness (QED) is 0.826. The van der Waals surface area contributed by atoms with Crippen LogP contribution in [0.1, 0.15) is 0 Å². The van der Waals surface area contributed by atoms with Crippen molar-refractivity contribution in [3.05, 3.63) is 35.5 Å². The Labute approximate surface area is 124 Å². The van der Waals surface area contributed by atoms with Crippen molar-refractivity contribution in [1.29, 1.82) is 0 Å². The molecular weight excluding hydrogens is 316 g/mol. The third-order valence-electron chi connectivity index (χ3n) is 2.25. The van der Waals surface area contributed by atoms with Crippen molar-refractivity contribution >= 4 is 43.5 Å². The topological polar surface area (TPSA) is 76.1 Å². The first kappa shape index (κ1) is 14.9. The van der Waals surface area contributed by atoms with Crippen molar-refractivity contribution in [3.8, 4) is 10.6 Å². The van der Waals surface area contributed by atoms with Gasteiger partial charge in [-0.15, -0.1) is 29.3 Å². The van der Waals surface area contributed by atoms with Gasteiger partial charge in [-0.25, -0.2) is 13.4 Å². The zero-order valence-corrected chi connectivity index (χ0v) is 12.9. The molecule has 0 spiro atoms. The minimum absolute atomic E-state index is 0.210. The van der Waals surface area contributed by atoms with Crippen LogP contribution in [0.15, 0.2) is 35.5 Å². The van der Waals surface area contributed by atoms with E-state index in [0.717, 1.165) is 10.6 Å². The van der Waals surface area contributed by atoms with E-state index in [4.69, 9.17) is 0 Å². The predicted octanol–water partition coefficient (Wildman–Crippen LogP) is 2.41. The summed E-state index contributed by atoms with van der Waals surface area (Å²) in [6, 6.07) is 3.85. The number of carbonyl (C=O) groups is 1. The smallest absolute Gasteiger partial charge is 0.241 e. The second-order valence-corrected chi connectivity index (χ2v) is 7.82. The van der Waals surface area contributed by atoms with Crippen molar-refractivity contribution in [2.45, 2.75) is 0 Å². The van der Waals surface area contributed by atoms with Gasteiger partial charge in [0.1, 0.15) is 5.75 Å². The van der Waals surface area contributed by atoms with E-state index in [-0.39, 0.29) is 5.75 Å². The number of nitrogens with one attached hydrogen (secondary N) is 1. The third kappa shape index (κ3) is 3.99. The Bertz CT molecular complexity index is 702. The Kier molecular flexibility index (Phi) is 4.69. The summed E-state index contributed by atoms with van der Waals surface area (Å²) in [5.41, 5.74) is 0.772. The van der Waals surface area contributed by atoms with Crippen LogP contribution >= 0.6 is 22.7 Å². The lowest BCUT2D eigenvalue weighted by atomic mass is 10.4. The standard InChI is InChI=1S/C12H12N2O3S3/c1-2-6-20(16,17)8-11(15)14-12-13-9(7-19-12)10-4-3-5-18-10/h2-5,7H,1,6,8H2,(H,13,14,15). The van der Waals surface area contributed by atoms with E-state index in [1.165, 1.54) is 17.4 Å². The van der Waals surface area contributed by atoms with Crippen molar-refractivity contribution in [3.63, 3.8) is 0 Å². The van der Waals surface area contributed by atoms with Gasteiger partial charge in [-0.2, -0.15) is 0 Å². The minimum atomic E-state index is -3.44. The Hall–Kier alpha value is -1.51. The van der Waals surface area contributed by atoms with Crippen molar-refractivity contribution in [1.82, 2.24) is 4.98 Å². The van der Waals surface area contributed by atoms with Crippen LogP contribution in [0, 0.1) is 0 Å². The van der Waals surface area contributed by atoms with Crippen LogP contribution < -0.4 is 5.32 Å². The summed E-state index contributed by atoms with van der Waals surface area (Å²) in [7, 11) is -3.44. The molecule has 0 saturated heterocycles.